The molecule has 4 nitrogen and oxygen atoms in total. The van der Waals surface area contributed by atoms with Gasteiger partial charge in [0.25, 0.3) is 5.91 Å². The molecule has 0 spiro atoms. The summed E-state index contributed by atoms with van der Waals surface area (Å²) in [4.78, 5) is 17.6. The van der Waals surface area contributed by atoms with Gasteiger partial charge in [-0.15, -0.1) is 6.42 Å². The van der Waals surface area contributed by atoms with Gasteiger partial charge in [-0.25, -0.2) is 4.39 Å². The zero-order valence-electron chi connectivity index (χ0n) is 12.1. The molecule has 1 heterocycles. The van der Waals surface area contributed by atoms with Crippen molar-refractivity contribution in [1.29, 1.82) is 0 Å². The standard InChI is InChI=1S/C16H17FN2O2/c1-4-7-19-14-9-13(18-11(5-2)6-3)12(17)8-15(14)21-10-16(19)20/h1,8-9H,5-7,10H2,2-3H3. The second-order valence-corrected chi connectivity index (χ2v) is 4.63. The van der Waals surface area contributed by atoms with Gasteiger partial charge in [-0.1, -0.05) is 19.8 Å². The molecule has 110 valence electrons. The van der Waals surface area contributed by atoms with Gasteiger partial charge in [-0.2, -0.15) is 0 Å². The predicted octanol–water partition coefficient (Wildman–Crippen LogP) is 3.08. The summed E-state index contributed by atoms with van der Waals surface area (Å²) >= 11 is 0. The number of nitrogens with zero attached hydrogens (tertiary/aromatic N) is 2. The Balaban J connectivity index is 2.50. The van der Waals surface area contributed by atoms with E-state index in [1.54, 1.807) is 0 Å². The number of anilines is 1. The maximum Gasteiger partial charge on any atom is 0.265 e. The predicted molar refractivity (Wildman–Crippen MR) is 80.8 cm³/mol. The van der Waals surface area contributed by atoms with Gasteiger partial charge in [0, 0.05) is 11.8 Å². The van der Waals surface area contributed by atoms with Gasteiger partial charge in [0.15, 0.2) is 12.4 Å². The Hall–Kier alpha value is -2.35. The highest BCUT2D eigenvalue weighted by molar-refractivity contribution is 5.99. The van der Waals surface area contributed by atoms with Gasteiger partial charge >= 0.3 is 0 Å². The number of terminal acetylenes is 1. The largest absolute Gasteiger partial charge is 0.481 e. The number of fused-ring (bicyclic) bond motifs is 1. The van der Waals surface area contributed by atoms with E-state index in [4.69, 9.17) is 11.2 Å². The van der Waals surface area contributed by atoms with Crippen LogP contribution in [0.3, 0.4) is 0 Å². The number of hydrogen-bond acceptors (Lipinski definition) is 3. The number of carbonyl (C=O) groups excluding carboxylic acids is 1. The highest BCUT2D eigenvalue weighted by Crippen LogP contribution is 2.37. The number of carbonyl (C=O) groups is 1. The smallest absolute Gasteiger partial charge is 0.265 e. The summed E-state index contributed by atoms with van der Waals surface area (Å²) in [7, 11) is 0. The number of hydrogen-bond donors (Lipinski definition) is 0. The summed E-state index contributed by atoms with van der Waals surface area (Å²) in [5, 5.41) is 0. The van der Waals surface area contributed by atoms with Gasteiger partial charge in [0.2, 0.25) is 0 Å². The fourth-order valence-electron chi connectivity index (χ4n) is 2.14. The van der Waals surface area contributed by atoms with E-state index in [2.05, 4.69) is 10.9 Å². The average molecular weight is 288 g/mol. The van der Waals surface area contributed by atoms with E-state index in [0.29, 0.717) is 11.4 Å². The van der Waals surface area contributed by atoms with Gasteiger partial charge < -0.3 is 4.74 Å². The number of amides is 1. The molecule has 1 aliphatic rings. The van der Waals surface area contributed by atoms with E-state index in [1.807, 2.05) is 13.8 Å². The van der Waals surface area contributed by atoms with E-state index in [-0.39, 0.29) is 24.7 Å². The molecule has 0 bridgehead atoms. The molecular weight excluding hydrogens is 271 g/mol. The lowest BCUT2D eigenvalue weighted by molar-refractivity contribution is -0.121. The van der Waals surface area contributed by atoms with Crippen molar-refractivity contribution in [2.45, 2.75) is 26.7 Å². The third-order valence-electron chi connectivity index (χ3n) is 3.32. The highest BCUT2D eigenvalue weighted by Gasteiger charge is 2.26. The first-order valence-electron chi connectivity index (χ1n) is 6.87. The molecular formula is C16H17FN2O2. The van der Waals surface area contributed by atoms with Crippen molar-refractivity contribution in [1.82, 2.24) is 0 Å². The van der Waals surface area contributed by atoms with E-state index >= 15 is 0 Å². The van der Waals surface area contributed by atoms with Crippen molar-refractivity contribution in [3.05, 3.63) is 17.9 Å². The maximum atomic E-state index is 14.1. The number of halogens is 1. The fraction of sp³-hybridized carbons (Fsp3) is 0.375. The van der Waals surface area contributed by atoms with Crippen LogP contribution in [-0.2, 0) is 4.79 Å². The Morgan fingerprint density at radius 1 is 1.48 bits per heavy atom. The molecule has 1 aromatic rings. The number of benzene rings is 1. The van der Waals surface area contributed by atoms with Crippen molar-refractivity contribution in [2.75, 3.05) is 18.1 Å². The normalized spacial score (nSPS) is 13.2. The van der Waals surface area contributed by atoms with Gasteiger partial charge in [-0.3, -0.25) is 14.7 Å². The third kappa shape index (κ3) is 3.05. The fourth-order valence-corrected chi connectivity index (χ4v) is 2.14. The number of rotatable bonds is 4. The van der Waals surface area contributed by atoms with Crippen molar-refractivity contribution >= 4 is 23.0 Å². The van der Waals surface area contributed by atoms with Crippen molar-refractivity contribution < 1.29 is 13.9 Å². The van der Waals surface area contributed by atoms with Crippen molar-refractivity contribution in [3.63, 3.8) is 0 Å². The zero-order valence-corrected chi connectivity index (χ0v) is 12.1. The lowest BCUT2D eigenvalue weighted by Gasteiger charge is -2.28. The van der Waals surface area contributed by atoms with Crippen LogP contribution in [-0.4, -0.2) is 24.8 Å². The minimum absolute atomic E-state index is 0.123. The molecule has 0 saturated carbocycles. The summed E-state index contributed by atoms with van der Waals surface area (Å²) in [6.07, 6.45) is 6.78. The third-order valence-corrected chi connectivity index (χ3v) is 3.32. The van der Waals surface area contributed by atoms with Crippen LogP contribution in [0.15, 0.2) is 17.1 Å². The van der Waals surface area contributed by atoms with Crippen LogP contribution in [0, 0.1) is 18.2 Å². The summed E-state index contributed by atoms with van der Waals surface area (Å²) in [5.41, 5.74) is 1.56. The van der Waals surface area contributed by atoms with Gasteiger partial charge in [0.1, 0.15) is 11.4 Å². The first-order valence-corrected chi connectivity index (χ1v) is 6.87. The molecule has 0 aromatic heterocycles. The van der Waals surface area contributed by atoms with Crippen LogP contribution >= 0.6 is 0 Å². The summed E-state index contributed by atoms with van der Waals surface area (Å²) in [6.45, 7) is 3.93. The second-order valence-electron chi connectivity index (χ2n) is 4.63. The summed E-state index contributed by atoms with van der Waals surface area (Å²) in [5.74, 6) is 2.03. The molecule has 1 aliphatic heterocycles. The Morgan fingerprint density at radius 2 is 2.19 bits per heavy atom. The molecule has 0 unspecified atom stereocenters. The molecule has 1 aromatic carbocycles. The van der Waals surface area contributed by atoms with Crippen LogP contribution in [0.2, 0.25) is 0 Å². The molecule has 0 atom stereocenters. The SMILES string of the molecule is C#CCN1C(=O)COc2cc(F)c(N=C(CC)CC)cc21. The first-order chi connectivity index (χ1) is 10.1. The molecule has 5 heteroatoms. The first kappa shape index (κ1) is 15.0. The molecule has 1 amide bonds. The van der Waals surface area contributed by atoms with Crippen LogP contribution in [0.5, 0.6) is 5.75 Å². The van der Waals surface area contributed by atoms with E-state index in [0.717, 1.165) is 18.6 Å². The van der Waals surface area contributed by atoms with Crippen molar-refractivity contribution in [2.24, 2.45) is 4.99 Å². The second kappa shape index (κ2) is 6.40. The molecule has 21 heavy (non-hydrogen) atoms. The molecule has 2 rings (SSSR count). The molecule has 0 aliphatic carbocycles. The average Bonchev–Trinajstić information content (AvgIpc) is 2.48. The maximum absolute atomic E-state index is 14.1. The molecule has 0 N–H and O–H groups in total. The van der Waals surface area contributed by atoms with Gasteiger partial charge in [-0.05, 0) is 18.9 Å². The van der Waals surface area contributed by atoms with E-state index in [1.165, 1.54) is 17.0 Å². The Labute approximate surface area is 123 Å². The van der Waals surface area contributed by atoms with Crippen LogP contribution in [0.25, 0.3) is 0 Å². The molecule has 0 fully saturated rings. The van der Waals surface area contributed by atoms with E-state index < -0.39 is 5.82 Å². The minimum atomic E-state index is -0.469. The number of ether oxygens (including phenoxy) is 1. The van der Waals surface area contributed by atoms with Gasteiger partial charge in [0.05, 0.1) is 12.2 Å². The topological polar surface area (TPSA) is 41.9 Å². The lowest BCUT2D eigenvalue weighted by Crippen LogP contribution is -2.39. The van der Waals surface area contributed by atoms with Crippen LogP contribution < -0.4 is 9.64 Å². The monoisotopic (exact) mass is 288 g/mol. The summed E-state index contributed by atoms with van der Waals surface area (Å²) < 4.78 is 19.3. The van der Waals surface area contributed by atoms with E-state index in [9.17, 15) is 9.18 Å². The van der Waals surface area contributed by atoms with Crippen molar-refractivity contribution in [3.8, 4) is 18.1 Å². The Morgan fingerprint density at radius 3 is 2.81 bits per heavy atom. The summed E-state index contributed by atoms with van der Waals surface area (Å²) in [6, 6.07) is 2.78. The Bertz CT molecular complexity index is 626. The number of aliphatic imine (C=N–C) groups is 1. The van der Waals surface area contributed by atoms with Crippen LogP contribution in [0.1, 0.15) is 26.7 Å². The van der Waals surface area contributed by atoms with Crippen LogP contribution in [0.4, 0.5) is 15.8 Å². The quantitative estimate of drug-likeness (QED) is 0.631. The highest BCUT2D eigenvalue weighted by atomic mass is 19.1. The Kier molecular flexibility index (Phi) is 4.59. The molecule has 0 saturated heterocycles. The zero-order chi connectivity index (χ0) is 15.4. The molecule has 0 radical (unpaired) electrons. The minimum Gasteiger partial charge on any atom is -0.481 e. The lowest BCUT2D eigenvalue weighted by atomic mass is 10.2.